The van der Waals surface area contributed by atoms with Gasteiger partial charge < -0.3 is 14.5 Å². The first-order valence-corrected chi connectivity index (χ1v) is 7.49. The van der Waals surface area contributed by atoms with E-state index < -0.39 is 23.4 Å². The van der Waals surface area contributed by atoms with Gasteiger partial charge in [0.1, 0.15) is 17.1 Å². The number of ether oxygens (including phenoxy) is 1. The SMILES string of the molecule is Cc1cc([N+](=O)[O-])ccc1NC(=O)COC(=O)c1c(C)oc(C)c1C. The first-order chi connectivity index (χ1) is 11.7. The first kappa shape index (κ1) is 18.2. The molecule has 1 N–H and O–H groups in total. The van der Waals surface area contributed by atoms with Gasteiger partial charge in [0, 0.05) is 23.4 Å². The second-order valence-corrected chi connectivity index (χ2v) is 5.60. The van der Waals surface area contributed by atoms with Gasteiger partial charge in [0.05, 0.1) is 4.92 Å². The molecule has 0 aliphatic heterocycles. The monoisotopic (exact) mass is 346 g/mol. The smallest absolute Gasteiger partial charge is 0.342 e. The number of amides is 1. The molecule has 0 spiro atoms. The van der Waals surface area contributed by atoms with Crippen molar-refractivity contribution in [1.29, 1.82) is 0 Å². The number of nitro groups is 1. The van der Waals surface area contributed by atoms with Crippen molar-refractivity contribution in [3.8, 4) is 0 Å². The van der Waals surface area contributed by atoms with E-state index in [9.17, 15) is 19.7 Å². The number of non-ortho nitro benzene ring substituents is 1. The van der Waals surface area contributed by atoms with Crippen LogP contribution in [0.2, 0.25) is 0 Å². The van der Waals surface area contributed by atoms with Crippen LogP contribution in [0.15, 0.2) is 22.6 Å². The summed E-state index contributed by atoms with van der Waals surface area (Å²) in [4.78, 5) is 34.2. The third kappa shape index (κ3) is 4.03. The molecule has 0 radical (unpaired) electrons. The predicted octanol–water partition coefficient (Wildman–Crippen LogP) is 3.22. The summed E-state index contributed by atoms with van der Waals surface area (Å²) in [6, 6.07) is 4.07. The Hall–Kier alpha value is -3.16. The number of carbonyl (C=O) groups excluding carboxylic acids is 2. The van der Waals surface area contributed by atoms with Gasteiger partial charge in [-0.2, -0.15) is 0 Å². The molecule has 0 saturated carbocycles. The molecule has 1 amide bonds. The van der Waals surface area contributed by atoms with Crippen LogP contribution in [0.4, 0.5) is 11.4 Å². The number of furan rings is 1. The lowest BCUT2D eigenvalue weighted by atomic mass is 10.1. The average molecular weight is 346 g/mol. The Bertz CT molecular complexity index is 853. The number of hydrogen-bond acceptors (Lipinski definition) is 6. The van der Waals surface area contributed by atoms with Crippen LogP contribution in [-0.4, -0.2) is 23.4 Å². The molecule has 2 aromatic rings. The molecule has 0 saturated heterocycles. The van der Waals surface area contributed by atoms with Gasteiger partial charge in [-0.3, -0.25) is 14.9 Å². The van der Waals surface area contributed by atoms with Crippen LogP contribution in [0.1, 0.15) is 33.0 Å². The Balaban J connectivity index is 1.99. The van der Waals surface area contributed by atoms with Crippen molar-refractivity contribution in [2.45, 2.75) is 27.7 Å². The summed E-state index contributed by atoms with van der Waals surface area (Å²) >= 11 is 0. The van der Waals surface area contributed by atoms with Crippen molar-refractivity contribution in [3.63, 3.8) is 0 Å². The summed E-state index contributed by atoms with van der Waals surface area (Å²) in [6.45, 7) is 6.29. The number of nitro benzene ring substituents is 1. The summed E-state index contributed by atoms with van der Waals surface area (Å²) < 4.78 is 10.4. The van der Waals surface area contributed by atoms with Gasteiger partial charge in [0.25, 0.3) is 11.6 Å². The van der Waals surface area contributed by atoms with Crippen molar-refractivity contribution in [1.82, 2.24) is 0 Å². The van der Waals surface area contributed by atoms with E-state index >= 15 is 0 Å². The molecule has 132 valence electrons. The Morgan fingerprint density at radius 3 is 2.40 bits per heavy atom. The van der Waals surface area contributed by atoms with Crippen LogP contribution < -0.4 is 5.32 Å². The molecule has 8 heteroatoms. The molecular formula is C17H18N2O6. The average Bonchev–Trinajstić information content (AvgIpc) is 2.79. The van der Waals surface area contributed by atoms with E-state index in [0.29, 0.717) is 33.9 Å². The van der Waals surface area contributed by atoms with Crippen LogP contribution in [0.5, 0.6) is 0 Å². The third-order valence-corrected chi connectivity index (χ3v) is 3.79. The highest BCUT2D eigenvalue weighted by Gasteiger charge is 2.21. The number of nitrogens with one attached hydrogen (secondary N) is 1. The van der Waals surface area contributed by atoms with E-state index in [0.717, 1.165) is 0 Å². The fraction of sp³-hybridized carbons (Fsp3) is 0.294. The molecule has 1 aromatic carbocycles. The lowest BCUT2D eigenvalue weighted by molar-refractivity contribution is -0.384. The fourth-order valence-electron chi connectivity index (χ4n) is 2.39. The summed E-state index contributed by atoms with van der Waals surface area (Å²) in [6.07, 6.45) is 0. The van der Waals surface area contributed by atoms with Crippen molar-refractivity contribution in [3.05, 3.63) is 56.5 Å². The van der Waals surface area contributed by atoms with Gasteiger partial charge in [0.15, 0.2) is 6.61 Å². The molecule has 1 aromatic heterocycles. The van der Waals surface area contributed by atoms with Crippen LogP contribution in [0.3, 0.4) is 0 Å². The van der Waals surface area contributed by atoms with Crippen LogP contribution in [0, 0.1) is 37.8 Å². The van der Waals surface area contributed by atoms with Gasteiger partial charge in [-0.05, 0) is 39.3 Å². The Morgan fingerprint density at radius 1 is 1.20 bits per heavy atom. The minimum atomic E-state index is -0.637. The van der Waals surface area contributed by atoms with E-state index in [1.165, 1.54) is 18.2 Å². The number of esters is 1. The molecule has 0 bridgehead atoms. The standard InChI is InChI=1S/C17H18N2O6/c1-9-7-13(19(22)23)5-6-14(9)18-15(20)8-24-17(21)16-10(2)11(3)25-12(16)4/h5-7H,8H2,1-4H3,(H,18,20). The number of carbonyl (C=O) groups is 2. The van der Waals surface area contributed by atoms with Gasteiger partial charge in [-0.1, -0.05) is 0 Å². The van der Waals surface area contributed by atoms with E-state index in [1.807, 2.05) is 0 Å². The number of hydrogen-bond donors (Lipinski definition) is 1. The first-order valence-electron chi connectivity index (χ1n) is 7.49. The molecular weight excluding hydrogens is 328 g/mol. The molecule has 25 heavy (non-hydrogen) atoms. The lowest BCUT2D eigenvalue weighted by Gasteiger charge is -2.09. The van der Waals surface area contributed by atoms with Crippen molar-refractivity contribution in [2.24, 2.45) is 0 Å². The molecule has 0 atom stereocenters. The van der Waals surface area contributed by atoms with Crippen molar-refractivity contribution >= 4 is 23.3 Å². The topological polar surface area (TPSA) is 112 Å². The number of nitrogens with zero attached hydrogens (tertiary/aromatic N) is 1. The summed E-state index contributed by atoms with van der Waals surface area (Å²) in [5.74, 6) is -0.120. The van der Waals surface area contributed by atoms with Crippen LogP contribution in [-0.2, 0) is 9.53 Å². The molecule has 0 fully saturated rings. The number of aryl methyl sites for hydroxylation is 3. The van der Waals surface area contributed by atoms with Crippen molar-refractivity contribution < 1.29 is 23.7 Å². The number of anilines is 1. The third-order valence-electron chi connectivity index (χ3n) is 3.79. The van der Waals surface area contributed by atoms with E-state index in [1.54, 1.807) is 27.7 Å². The zero-order valence-corrected chi connectivity index (χ0v) is 14.3. The Kier molecular flexibility index (Phi) is 5.21. The summed E-state index contributed by atoms with van der Waals surface area (Å²) in [5.41, 5.74) is 1.87. The zero-order valence-electron chi connectivity index (χ0n) is 14.3. The maximum Gasteiger partial charge on any atom is 0.342 e. The second-order valence-electron chi connectivity index (χ2n) is 5.60. The highest BCUT2D eigenvalue weighted by Crippen LogP contribution is 2.22. The zero-order chi connectivity index (χ0) is 18.7. The predicted molar refractivity (Wildman–Crippen MR) is 89.7 cm³/mol. The Labute approximate surface area is 143 Å². The normalized spacial score (nSPS) is 10.4. The highest BCUT2D eigenvalue weighted by molar-refractivity contribution is 5.97. The number of rotatable bonds is 5. The van der Waals surface area contributed by atoms with E-state index in [4.69, 9.17) is 9.15 Å². The van der Waals surface area contributed by atoms with Gasteiger partial charge in [-0.25, -0.2) is 4.79 Å². The minimum Gasteiger partial charge on any atom is -0.465 e. The molecule has 2 rings (SSSR count). The molecule has 1 heterocycles. The van der Waals surface area contributed by atoms with Gasteiger partial charge in [0.2, 0.25) is 0 Å². The van der Waals surface area contributed by atoms with Gasteiger partial charge in [-0.15, -0.1) is 0 Å². The minimum absolute atomic E-state index is 0.0665. The second kappa shape index (κ2) is 7.16. The molecule has 0 unspecified atom stereocenters. The quantitative estimate of drug-likeness (QED) is 0.505. The highest BCUT2D eigenvalue weighted by atomic mass is 16.6. The van der Waals surface area contributed by atoms with Crippen molar-refractivity contribution in [2.75, 3.05) is 11.9 Å². The lowest BCUT2D eigenvalue weighted by Crippen LogP contribution is -2.21. The molecule has 0 aliphatic carbocycles. The maximum absolute atomic E-state index is 12.1. The van der Waals surface area contributed by atoms with Gasteiger partial charge >= 0.3 is 5.97 Å². The number of benzene rings is 1. The van der Waals surface area contributed by atoms with E-state index in [-0.39, 0.29) is 5.69 Å². The van der Waals surface area contributed by atoms with Crippen LogP contribution in [0.25, 0.3) is 0 Å². The summed E-state index contributed by atoms with van der Waals surface area (Å²) in [5, 5.41) is 13.3. The molecule has 0 aliphatic rings. The molecule has 8 nitrogen and oxygen atoms in total. The largest absolute Gasteiger partial charge is 0.465 e. The van der Waals surface area contributed by atoms with E-state index in [2.05, 4.69) is 5.32 Å². The summed E-state index contributed by atoms with van der Waals surface area (Å²) in [7, 11) is 0. The Morgan fingerprint density at radius 2 is 1.88 bits per heavy atom. The van der Waals surface area contributed by atoms with Crippen LogP contribution >= 0.6 is 0 Å². The fourth-order valence-corrected chi connectivity index (χ4v) is 2.39. The maximum atomic E-state index is 12.1.